The maximum absolute atomic E-state index is 13.9. The van der Waals surface area contributed by atoms with Crippen molar-refractivity contribution >= 4 is 17.9 Å². The van der Waals surface area contributed by atoms with Crippen molar-refractivity contribution in [2.45, 2.75) is 56.7 Å². The van der Waals surface area contributed by atoms with Crippen LogP contribution in [0.15, 0.2) is 122 Å². The third kappa shape index (κ3) is 8.13. The summed E-state index contributed by atoms with van der Waals surface area (Å²) in [5, 5.41) is 2.71. The number of hydrogen-bond donors (Lipinski definition) is 3. The first kappa shape index (κ1) is 38.0. The van der Waals surface area contributed by atoms with Crippen molar-refractivity contribution in [3.05, 3.63) is 155 Å². The van der Waals surface area contributed by atoms with E-state index in [2.05, 4.69) is 32.1 Å². The molecule has 0 radical (unpaired) electrons. The minimum absolute atomic E-state index is 0.0657. The average Bonchev–Trinajstić information content (AvgIpc) is 4.12. The lowest BCUT2D eigenvalue weighted by Gasteiger charge is -2.28. The molecule has 0 bridgehead atoms. The predicted octanol–water partition coefficient (Wildman–Crippen LogP) is 8.09. The van der Waals surface area contributed by atoms with Gasteiger partial charge in [-0.2, -0.15) is 0 Å². The van der Waals surface area contributed by atoms with Crippen molar-refractivity contribution in [2.24, 2.45) is 0 Å². The number of nitrogens with zero attached hydrogens (tertiary/aromatic N) is 4. The number of aromatic nitrogens is 4. The van der Waals surface area contributed by atoms with E-state index in [0.29, 0.717) is 17.9 Å². The lowest BCUT2D eigenvalue weighted by atomic mass is 9.99. The maximum Gasteiger partial charge on any atom is 0.407 e. The van der Waals surface area contributed by atoms with Gasteiger partial charge in [-0.3, -0.25) is 9.59 Å². The van der Waals surface area contributed by atoms with Gasteiger partial charge in [-0.05, 0) is 79.1 Å². The Labute approximate surface area is 337 Å². The van der Waals surface area contributed by atoms with Crippen molar-refractivity contribution in [2.75, 3.05) is 20.2 Å². The van der Waals surface area contributed by atoms with E-state index in [1.54, 1.807) is 11.1 Å². The van der Waals surface area contributed by atoms with Crippen molar-refractivity contribution < 1.29 is 19.1 Å². The summed E-state index contributed by atoms with van der Waals surface area (Å²) in [6.07, 6.45) is 6.38. The predicted molar refractivity (Wildman–Crippen MR) is 221 cm³/mol. The van der Waals surface area contributed by atoms with Crippen molar-refractivity contribution in [1.82, 2.24) is 35.1 Å². The monoisotopic (exact) mass is 771 g/mol. The van der Waals surface area contributed by atoms with Gasteiger partial charge in [-0.1, -0.05) is 96.8 Å². The summed E-state index contributed by atoms with van der Waals surface area (Å²) in [5.41, 5.74) is 7.17. The van der Waals surface area contributed by atoms with Gasteiger partial charge in [0.15, 0.2) is 0 Å². The minimum atomic E-state index is -0.873. The zero-order chi connectivity index (χ0) is 40.0. The van der Waals surface area contributed by atoms with Crippen LogP contribution in [0.5, 0.6) is 0 Å². The number of benzene rings is 4. The smallest absolute Gasteiger partial charge is 0.407 e. The van der Waals surface area contributed by atoms with Gasteiger partial charge in [0, 0.05) is 24.2 Å². The number of hydrogen-bond acceptors (Lipinski definition) is 6. The maximum atomic E-state index is 13.9. The van der Waals surface area contributed by atoms with Crippen molar-refractivity contribution in [1.29, 1.82) is 0 Å². The molecule has 2 aliphatic heterocycles. The van der Waals surface area contributed by atoms with Crippen LogP contribution in [0.3, 0.4) is 0 Å². The quantitative estimate of drug-likeness (QED) is 0.127. The van der Waals surface area contributed by atoms with Gasteiger partial charge in [0.1, 0.15) is 17.7 Å². The number of nitrogens with one attached hydrogen (secondary N) is 3. The Balaban J connectivity index is 0.897. The van der Waals surface area contributed by atoms with Crippen molar-refractivity contribution in [3.8, 4) is 34.4 Å². The van der Waals surface area contributed by atoms with Crippen LogP contribution in [0.2, 0.25) is 0 Å². The summed E-state index contributed by atoms with van der Waals surface area (Å²) < 4.78 is 4.82. The first-order valence-corrected chi connectivity index (χ1v) is 19.7. The van der Waals surface area contributed by atoms with Crippen LogP contribution in [0, 0.1) is 11.8 Å². The third-order valence-electron chi connectivity index (χ3n) is 11.1. The van der Waals surface area contributed by atoms with Crippen molar-refractivity contribution in [3.63, 3.8) is 0 Å². The van der Waals surface area contributed by atoms with E-state index in [-0.39, 0.29) is 29.8 Å². The third-order valence-corrected chi connectivity index (χ3v) is 11.1. The van der Waals surface area contributed by atoms with Gasteiger partial charge in [0.2, 0.25) is 5.91 Å². The van der Waals surface area contributed by atoms with Gasteiger partial charge in [0.25, 0.3) is 5.91 Å². The van der Waals surface area contributed by atoms with Gasteiger partial charge in [-0.15, -0.1) is 0 Å². The highest BCUT2D eigenvalue weighted by Crippen LogP contribution is 2.36. The van der Waals surface area contributed by atoms with Gasteiger partial charge in [-0.25, -0.2) is 14.8 Å². The number of ether oxygens (including phenoxy) is 1. The number of amides is 3. The molecular formula is C47H45N7O4. The fraction of sp³-hybridized carbons (Fsp3) is 0.255. The molecular weight excluding hydrogens is 727 g/mol. The largest absolute Gasteiger partial charge is 0.453 e. The highest BCUT2D eigenvalue weighted by atomic mass is 16.5. The zero-order valence-electron chi connectivity index (χ0n) is 32.5. The highest BCUT2D eigenvalue weighted by Gasteiger charge is 2.37. The number of carbonyl (C=O) groups is 3. The van der Waals surface area contributed by atoms with E-state index in [1.165, 1.54) is 7.11 Å². The molecule has 2 aromatic heterocycles. The van der Waals surface area contributed by atoms with E-state index in [4.69, 9.17) is 9.72 Å². The second-order valence-electron chi connectivity index (χ2n) is 14.8. The summed E-state index contributed by atoms with van der Waals surface area (Å²) in [7, 11) is 1.28. The number of rotatable bonds is 9. The van der Waals surface area contributed by atoms with E-state index < -0.39 is 12.1 Å². The minimum Gasteiger partial charge on any atom is -0.453 e. The number of likely N-dealkylation sites (tertiary alicyclic amines) is 2. The van der Waals surface area contributed by atoms with Crippen LogP contribution in [-0.2, 0) is 14.3 Å². The summed E-state index contributed by atoms with van der Waals surface area (Å²) in [6, 6.07) is 34.0. The Bertz CT molecular complexity index is 2430. The standard InChI is InChI=1S/C47H45N7O4/c1-31(34-11-5-3-6-12-34)45(55)53-27-9-15-40(53)43-48-29-38(50-43)35-23-19-32(20-24-35)17-18-33-21-25-36(26-22-33)39-30-49-44(51-39)41-16-10-28-54(41)46(56)42(52-47(57)58-2)37-13-7-4-8-14-37/h3-8,11-14,19-26,29-31,40-42H,9-10,15-16,27-28H2,1-2H3,(H,48,50)(H,49,51)(H,52,57)/t31-,40+,41+,42-/m1/s1. The molecule has 0 saturated carbocycles. The molecule has 2 saturated heterocycles. The number of imidazole rings is 2. The Hall–Kier alpha value is -6.93. The van der Waals surface area contributed by atoms with Crippen LogP contribution in [0.25, 0.3) is 22.5 Å². The normalized spacial score (nSPS) is 17.3. The van der Waals surface area contributed by atoms with Crippen LogP contribution in [0.4, 0.5) is 4.79 Å². The summed E-state index contributed by atoms with van der Waals surface area (Å²) in [4.78, 5) is 59.6. The molecule has 3 amide bonds. The Morgan fingerprint density at radius 3 is 1.62 bits per heavy atom. The topological polar surface area (TPSA) is 136 Å². The summed E-state index contributed by atoms with van der Waals surface area (Å²) in [6.45, 7) is 3.27. The van der Waals surface area contributed by atoms with Crippen LogP contribution >= 0.6 is 0 Å². The number of H-pyrrole nitrogens is 2. The van der Waals surface area contributed by atoms with E-state index in [9.17, 15) is 14.4 Å². The lowest BCUT2D eigenvalue weighted by Crippen LogP contribution is -2.42. The molecule has 11 heteroatoms. The number of methoxy groups -OCH3 is 1. The molecule has 2 aliphatic rings. The molecule has 6 aromatic rings. The molecule has 2 fully saturated rings. The molecule has 0 spiro atoms. The first-order chi connectivity index (χ1) is 28.4. The molecule has 11 nitrogen and oxygen atoms in total. The van der Waals surface area contributed by atoms with Crippen LogP contribution in [-0.4, -0.2) is 67.8 Å². The Kier molecular flexibility index (Phi) is 11.2. The summed E-state index contributed by atoms with van der Waals surface area (Å²) >= 11 is 0. The molecule has 4 aromatic carbocycles. The molecule has 4 atom stereocenters. The molecule has 0 aliphatic carbocycles. The van der Waals surface area contributed by atoms with Gasteiger partial charge in [0.05, 0.1) is 48.9 Å². The zero-order valence-corrected chi connectivity index (χ0v) is 32.5. The molecule has 0 unspecified atom stereocenters. The first-order valence-electron chi connectivity index (χ1n) is 19.7. The SMILES string of the molecule is COC(=O)N[C@@H](C(=O)N1CCC[C@H]1c1ncc(-c2ccc(C#Cc3ccc(-c4cnc([C@@H]5CCCN5C(=O)[C@H](C)c5ccccc5)[nH]4)cc3)cc2)[nH]1)c1ccccc1. The second kappa shape index (κ2) is 17.1. The molecule has 292 valence electrons. The summed E-state index contributed by atoms with van der Waals surface area (Å²) in [5.74, 6) is 7.78. The van der Waals surface area contributed by atoms with Gasteiger partial charge >= 0.3 is 6.09 Å². The highest BCUT2D eigenvalue weighted by molar-refractivity contribution is 5.87. The Morgan fingerprint density at radius 2 is 1.14 bits per heavy atom. The number of aromatic amines is 2. The molecule has 8 rings (SSSR count). The number of carbonyl (C=O) groups excluding carboxylic acids is 3. The van der Waals surface area contributed by atoms with Gasteiger partial charge < -0.3 is 29.8 Å². The van der Waals surface area contributed by atoms with E-state index in [0.717, 1.165) is 77.3 Å². The van der Waals surface area contributed by atoms with Crippen LogP contribution < -0.4 is 5.32 Å². The fourth-order valence-electron chi connectivity index (χ4n) is 7.95. The fourth-order valence-corrected chi connectivity index (χ4v) is 7.95. The van der Waals surface area contributed by atoms with E-state index >= 15 is 0 Å². The lowest BCUT2D eigenvalue weighted by molar-refractivity contribution is -0.135. The van der Waals surface area contributed by atoms with Crippen LogP contribution in [0.1, 0.15) is 90.6 Å². The van der Waals surface area contributed by atoms with E-state index in [1.807, 2.05) is 127 Å². The number of alkyl carbamates (subject to hydrolysis) is 1. The average molecular weight is 772 g/mol. The Morgan fingerprint density at radius 1 is 0.672 bits per heavy atom. The molecule has 58 heavy (non-hydrogen) atoms. The molecule has 4 heterocycles. The second-order valence-corrected chi connectivity index (χ2v) is 14.8. The molecule has 3 N–H and O–H groups in total.